The summed E-state index contributed by atoms with van der Waals surface area (Å²) in [5.41, 5.74) is 0. The third-order valence-corrected chi connectivity index (χ3v) is 3.71. The Hall–Kier alpha value is -0.710. The summed E-state index contributed by atoms with van der Waals surface area (Å²) >= 11 is 5.32. The van der Waals surface area contributed by atoms with E-state index in [2.05, 4.69) is 39.4 Å². The highest BCUT2D eigenvalue weighted by atomic mass is 79.9. The molecule has 2 rings (SSSR count). The van der Waals surface area contributed by atoms with E-state index in [-0.39, 0.29) is 0 Å². The van der Waals surface area contributed by atoms with Crippen LogP contribution in [0.2, 0.25) is 0 Å². The summed E-state index contributed by atoms with van der Waals surface area (Å²) in [6.45, 7) is 1.77. The van der Waals surface area contributed by atoms with Gasteiger partial charge in [0.1, 0.15) is 5.76 Å². The first-order valence-corrected chi connectivity index (χ1v) is 7.24. The Morgan fingerprint density at radius 3 is 2.94 bits per heavy atom. The van der Waals surface area contributed by atoms with Crippen LogP contribution < -0.4 is 5.32 Å². The topological polar surface area (TPSA) is 25.2 Å². The minimum Gasteiger partial charge on any atom is -0.468 e. The molecule has 1 heterocycles. The summed E-state index contributed by atoms with van der Waals surface area (Å²) in [4.78, 5) is 1.29. The number of hydrogen-bond acceptors (Lipinski definition) is 3. The Bertz CT molecular complexity index is 444. The highest BCUT2D eigenvalue weighted by molar-refractivity contribution is 9.10. The Kier molecular flexibility index (Phi) is 5.16. The Morgan fingerprint density at radius 1 is 1.24 bits per heavy atom. The first kappa shape index (κ1) is 12.7. The average Bonchev–Trinajstić information content (AvgIpc) is 2.82. The summed E-state index contributed by atoms with van der Waals surface area (Å²) in [6.07, 6.45) is 1.70. The van der Waals surface area contributed by atoms with E-state index in [4.69, 9.17) is 4.42 Å². The number of thioether (sulfide) groups is 1. The zero-order valence-corrected chi connectivity index (χ0v) is 11.8. The largest absolute Gasteiger partial charge is 0.468 e. The van der Waals surface area contributed by atoms with Gasteiger partial charge in [-0.25, -0.2) is 0 Å². The van der Waals surface area contributed by atoms with Crippen LogP contribution in [0, 0.1) is 0 Å². The standard InChI is InChI=1S/C13H14BrNOS/c14-11-3-1-5-13(9-11)17-8-6-15-10-12-4-2-7-16-12/h1-5,7,9,15H,6,8,10H2. The van der Waals surface area contributed by atoms with Gasteiger partial charge in [-0.1, -0.05) is 22.0 Å². The zero-order chi connectivity index (χ0) is 11.9. The number of furan rings is 1. The molecular formula is C13H14BrNOS. The summed E-state index contributed by atoms with van der Waals surface area (Å²) in [7, 11) is 0. The van der Waals surface area contributed by atoms with E-state index in [0.29, 0.717) is 0 Å². The van der Waals surface area contributed by atoms with Gasteiger partial charge in [-0.2, -0.15) is 0 Å². The fourth-order valence-electron chi connectivity index (χ4n) is 1.42. The van der Waals surface area contributed by atoms with Gasteiger partial charge in [0.15, 0.2) is 0 Å². The molecule has 0 saturated heterocycles. The van der Waals surface area contributed by atoms with E-state index < -0.39 is 0 Å². The third kappa shape index (κ3) is 4.58. The van der Waals surface area contributed by atoms with Gasteiger partial charge < -0.3 is 9.73 Å². The Morgan fingerprint density at radius 2 is 2.18 bits per heavy atom. The molecular weight excluding hydrogens is 298 g/mol. The Labute approximate surface area is 114 Å². The van der Waals surface area contributed by atoms with Gasteiger partial charge in [0.05, 0.1) is 12.8 Å². The van der Waals surface area contributed by atoms with Crippen LogP contribution in [0.4, 0.5) is 0 Å². The molecule has 2 nitrogen and oxygen atoms in total. The molecule has 1 aromatic carbocycles. The predicted octanol–water partition coefficient (Wildman–Crippen LogP) is 3.92. The van der Waals surface area contributed by atoms with E-state index in [1.807, 2.05) is 30.0 Å². The molecule has 0 radical (unpaired) electrons. The van der Waals surface area contributed by atoms with Crippen molar-refractivity contribution >= 4 is 27.7 Å². The summed E-state index contributed by atoms with van der Waals surface area (Å²) < 4.78 is 6.37. The predicted molar refractivity (Wildman–Crippen MR) is 75.3 cm³/mol. The van der Waals surface area contributed by atoms with Gasteiger partial charge in [0.2, 0.25) is 0 Å². The molecule has 0 bridgehead atoms. The van der Waals surface area contributed by atoms with Crippen LogP contribution in [0.5, 0.6) is 0 Å². The van der Waals surface area contributed by atoms with Gasteiger partial charge in [0, 0.05) is 21.7 Å². The normalized spacial score (nSPS) is 10.6. The van der Waals surface area contributed by atoms with Crippen molar-refractivity contribution in [2.75, 3.05) is 12.3 Å². The second kappa shape index (κ2) is 6.89. The molecule has 0 spiro atoms. The van der Waals surface area contributed by atoms with Crippen molar-refractivity contribution in [1.82, 2.24) is 5.32 Å². The number of nitrogens with one attached hydrogen (secondary N) is 1. The fraction of sp³-hybridized carbons (Fsp3) is 0.231. The average molecular weight is 312 g/mol. The van der Waals surface area contributed by atoms with Crippen LogP contribution in [-0.2, 0) is 6.54 Å². The van der Waals surface area contributed by atoms with Crippen molar-refractivity contribution in [3.63, 3.8) is 0 Å². The molecule has 0 aliphatic heterocycles. The molecule has 0 saturated carbocycles. The highest BCUT2D eigenvalue weighted by Gasteiger charge is 1.96. The van der Waals surface area contributed by atoms with Crippen LogP contribution >= 0.6 is 27.7 Å². The molecule has 0 unspecified atom stereocenters. The monoisotopic (exact) mass is 311 g/mol. The van der Waals surface area contributed by atoms with Crippen molar-refractivity contribution in [2.45, 2.75) is 11.4 Å². The smallest absolute Gasteiger partial charge is 0.117 e. The highest BCUT2D eigenvalue weighted by Crippen LogP contribution is 2.21. The molecule has 17 heavy (non-hydrogen) atoms. The molecule has 0 aliphatic rings. The van der Waals surface area contributed by atoms with Gasteiger partial charge in [-0.15, -0.1) is 11.8 Å². The minimum atomic E-state index is 0.798. The second-order valence-corrected chi connectivity index (χ2v) is 5.65. The molecule has 2 aromatic rings. The van der Waals surface area contributed by atoms with E-state index in [9.17, 15) is 0 Å². The summed E-state index contributed by atoms with van der Waals surface area (Å²) in [5.74, 6) is 2.04. The fourth-order valence-corrected chi connectivity index (χ4v) is 2.84. The zero-order valence-electron chi connectivity index (χ0n) is 9.36. The quantitative estimate of drug-likeness (QED) is 0.646. The number of halogens is 1. The molecule has 0 amide bonds. The SMILES string of the molecule is Brc1cccc(SCCNCc2ccco2)c1. The van der Waals surface area contributed by atoms with Crippen LogP contribution in [0.3, 0.4) is 0 Å². The van der Waals surface area contributed by atoms with Gasteiger partial charge >= 0.3 is 0 Å². The summed E-state index contributed by atoms with van der Waals surface area (Å²) in [5, 5.41) is 3.35. The molecule has 4 heteroatoms. The van der Waals surface area contributed by atoms with E-state index in [0.717, 1.165) is 29.1 Å². The lowest BCUT2D eigenvalue weighted by Crippen LogP contribution is -2.15. The van der Waals surface area contributed by atoms with Crippen LogP contribution in [0.25, 0.3) is 0 Å². The molecule has 1 aromatic heterocycles. The number of benzene rings is 1. The van der Waals surface area contributed by atoms with E-state index in [1.54, 1.807) is 6.26 Å². The second-order valence-electron chi connectivity index (χ2n) is 3.56. The van der Waals surface area contributed by atoms with E-state index >= 15 is 0 Å². The van der Waals surface area contributed by atoms with Crippen molar-refractivity contribution in [3.8, 4) is 0 Å². The summed E-state index contributed by atoms with van der Waals surface area (Å²) in [6, 6.07) is 12.3. The maximum absolute atomic E-state index is 5.24. The van der Waals surface area contributed by atoms with Crippen LogP contribution in [-0.4, -0.2) is 12.3 Å². The van der Waals surface area contributed by atoms with Gasteiger partial charge in [0.25, 0.3) is 0 Å². The number of rotatable bonds is 6. The van der Waals surface area contributed by atoms with Gasteiger partial charge in [-0.05, 0) is 30.3 Å². The van der Waals surface area contributed by atoms with Crippen LogP contribution in [0.1, 0.15) is 5.76 Å². The van der Waals surface area contributed by atoms with Crippen molar-refractivity contribution in [3.05, 3.63) is 52.9 Å². The third-order valence-electron chi connectivity index (χ3n) is 2.22. The molecule has 1 N–H and O–H groups in total. The minimum absolute atomic E-state index is 0.798. The maximum Gasteiger partial charge on any atom is 0.117 e. The van der Waals surface area contributed by atoms with Crippen molar-refractivity contribution in [1.29, 1.82) is 0 Å². The first-order valence-electron chi connectivity index (χ1n) is 5.46. The molecule has 0 aliphatic carbocycles. The first-order chi connectivity index (χ1) is 8.34. The van der Waals surface area contributed by atoms with E-state index in [1.165, 1.54) is 4.90 Å². The molecule has 0 atom stereocenters. The number of hydrogen-bond donors (Lipinski definition) is 1. The maximum atomic E-state index is 5.24. The van der Waals surface area contributed by atoms with Crippen molar-refractivity contribution < 1.29 is 4.42 Å². The van der Waals surface area contributed by atoms with Gasteiger partial charge in [-0.3, -0.25) is 0 Å². The van der Waals surface area contributed by atoms with Crippen molar-refractivity contribution in [2.24, 2.45) is 0 Å². The lowest BCUT2D eigenvalue weighted by atomic mass is 10.4. The Balaban J connectivity index is 1.63. The van der Waals surface area contributed by atoms with Crippen LogP contribution in [0.15, 0.2) is 56.4 Å². The lowest BCUT2D eigenvalue weighted by Gasteiger charge is -2.03. The molecule has 0 fully saturated rings. The molecule has 90 valence electrons. The lowest BCUT2D eigenvalue weighted by molar-refractivity contribution is 0.488.